The Morgan fingerprint density at radius 1 is 0.630 bits per heavy atom. The van der Waals surface area contributed by atoms with Crippen LogP contribution in [0, 0.1) is 51.7 Å². The van der Waals surface area contributed by atoms with Gasteiger partial charge >= 0.3 is 0 Å². The standard InChI is InChI=1S/C18H17N3O2S.C18H19N3S/c1-11-4-6-14(7-5-11)18-19-17(24-20-18)10-15-8-13(3)16(21(22)23)9-12(15)2;1-11-4-6-14(7-5-11)18-20-17(22-21-18)10-15-8-13(3)16(19)9-12(15)2/h4-9H,10H2,1-3H3;4-9H,10,19H2,1-3H3. The van der Waals surface area contributed by atoms with Crippen molar-refractivity contribution in [3.05, 3.63) is 137 Å². The Labute approximate surface area is 277 Å². The lowest BCUT2D eigenvalue weighted by atomic mass is 10.0. The first-order valence-corrected chi connectivity index (χ1v) is 16.4. The van der Waals surface area contributed by atoms with Crippen LogP contribution in [0.5, 0.6) is 0 Å². The lowest BCUT2D eigenvalue weighted by Crippen LogP contribution is -1.97. The van der Waals surface area contributed by atoms with Crippen molar-refractivity contribution in [3.8, 4) is 22.8 Å². The number of hydrogen-bond acceptors (Lipinski definition) is 9. The zero-order valence-electron chi connectivity index (χ0n) is 26.8. The Morgan fingerprint density at radius 3 is 1.52 bits per heavy atom. The van der Waals surface area contributed by atoms with Gasteiger partial charge in [0.2, 0.25) is 0 Å². The number of nitrogens with two attached hydrogens (primary N) is 1. The van der Waals surface area contributed by atoms with Crippen LogP contribution in [-0.2, 0) is 12.8 Å². The van der Waals surface area contributed by atoms with Crippen LogP contribution >= 0.6 is 23.1 Å². The highest BCUT2D eigenvalue weighted by atomic mass is 32.1. The second kappa shape index (κ2) is 14.1. The van der Waals surface area contributed by atoms with Gasteiger partial charge in [-0.05, 0) is 105 Å². The average molecular weight is 649 g/mol. The van der Waals surface area contributed by atoms with E-state index >= 15 is 0 Å². The fourth-order valence-electron chi connectivity index (χ4n) is 4.96. The molecule has 0 spiro atoms. The Balaban J connectivity index is 0.000000182. The van der Waals surface area contributed by atoms with Crippen molar-refractivity contribution in [1.29, 1.82) is 0 Å². The van der Waals surface area contributed by atoms with E-state index in [-0.39, 0.29) is 10.6 Å². The zero-order valence-corrected chi connectivity index (χ0v) is 28.4. The molecule has 234 valence electrons. The second-order valence-electron chi connectivity index (χ2n) is 11.6. The summed E-state index contributed by atoms with van der Waals surface area (Å²) in [4.78, 5) is 20.0. The maximum Gasteiger partial charge on any atom is 0.272 e. The first kappa shape index (κ1) is 32.6. The molecule has 0 unspecified atom stereocenters. The summed E-state index contributed by atoms with van der Waals surface area (Å²) in [5.41, 5.74) is 17.7. The maximum absolute atomic E-state index is 11.0. The highest BCUT2D eigenvalue weighted by Crippen LogP contribution is 2.27. The molecular weight excluding hydrogens is 613 g/mol. The Hall–Kier alpha value is -4.80. The van der Waals surface area contributed by atoms with E-state index in [1.54, 1.807) is 13.0 Å². The van der Waals surface area contributed by atoms with E-state index in [0.29, 0.717) is 12.0 Å². The molecule has 0 atom stereocenters. The number of benzene rings is 4. The van der Waals surface area contributed by atoms with Gasteiger partial charge in [0.1, 0.15) is 10.0 Å². The molecular formula is C36H36N6O2S2. The molecule has 46 heavy (non-hydrogen) atoms. The molecule has 10 heteroatoms. The molecule has 0 saturated heterocycles. The van der Waals surface area contributed by atoms with Gasteiger partial charge in [-0.2, -0.15) is 8.75 Å². The van der Waals surface area contributed by atoms with E-state index in [4.69, 9.17) is 5.73 Å². The van der Waals surface area contributed by atoms with Gasteiger partial charge in [0.15, 0.2) is 11.6 Å². The summed E-state index contributed by atoms with van der Waals surface area (Å²) in [7, 11) is 0. The fraction of sp³-hybridized carbons (Fsp3) is 0.222. The SMILES string of the molecule is Cc1ccc(-c2nsc(Cc3cc(C)c(N)cc3C)n2)cc1.Cc1ccc(-c2nsc(Cc3cc(C)c([N+](=O)[O-])cc3C)n2)cc1. The number of rotatable bonds is 7. The lowest BCUT2D eigenvalue weighted by molar-refractivity contribution is -0.385. The summed E-state index contributed by atoms with van der Waals surface area (Å²) >= 11 is 2.84. The van der Waals surface area contributed by atoms with E-state index in [0.717, 1.165) is 61.6 Å². The van der Waals surface area contributed by atoms with Gasteiger partial charge in [-0.3, -0.25) is 10.1 Å². The first-order chi connectivity index (χ1) is 22.0. The summed E-state index contributed by atoms with van der Waals surface area (Å²) < 4.78 is 8.92. The summed E-state index contributed by atoms with van der Waals surface area (Å²) in [6.45, 7) is 11.9. The van der Waals surface area contributed by atoms with Gasteiger partial charge in [-0.25, -0.2) is 9.97 Å². The van der Waals surface area contributed by atoms with Crippen molar-refractivity contribution in [2.45, 2.75) is 54.4 Å². The monoisotopic (exact) mass is 648 g/mol. The zero-order chi connectivity index (χ0) is 33.0. The molecule has 2 N–H and O–H groups in total. The largest absolute Gasteiger partial charge is 0.399 e. The van der Waals surface area contributed by atoms with E-state index in [1.807, 2.05) is 57.2 Å². The maximum atomic E-state index is 11.0. The minimum Gasteiger partial charge on any atom is -0.399 e. The molecule has 0 radical (unpaired) electrons. The molecule has 0 amide bonds. The van der Waals surface area contributed by atoms with Crippen molar-refractivity contribution in [3.63, 3.8) is 0 Å². The van der Waals surface area contributed by atoms with E-state index in [2.05, 4.69) is 62.9 Å². The van der Waals surface area contributed by atoms with Gasteiger partial charge in [0.05, 0.1) is 4.92 Å². The van der Waals surface area contributed by atoms with Crippen molar-refractivity contribution in [2.24, 2.45) is 0 Å². The molecule has 0 saturated carbocycles. The van der Waals surface area contributed by atoms with Crippen LogP contribution in [0.2, 0.25) is 0 Å². The molecule has 4 aromatic carbocycles. The molecule has 0 aliphatic rings. The molecule has 0 bridgehead atoms. The van der Waals surface area contributed by atoms with Crippen molar-refractivity contribution >= 4 is 34.4 Å². The van der Waals surface area contributed by atoms with Crippen LogP contribution in [0.15, 0.2) is 72.8 Å². The second-order valence-corrected chi connectivity index (χ2v) is 13.2. The van der Waals surface area contributed by atoms with Crippen molar-refractivity contribution in [1.82, 2.24) is 18.7 Å². The lowest BCUT2D eigenvalue weighted by Gasteiger charge is -2.07. The number of nitrogens with zero attached hydrogens (tertiary/aromatic N) is 5. The first-order valence-electron chi connectivity index (χ1n) is 14.9. The van der Waals surface area contributed by atoms with Crippen LogP contribution < -0.4 is 5.73 Å². The van der Waals surface area contributed by atoms with Crippen molar-refractivity contribution in [2.75, 3.05) is 5.73 Å². The topological polar surface area (TPSA) is 121 Å². The van der Waals surface area contributed by atoms with Gasteiger partial charge in [0.25, 0.3) is 5.69 Å². The van der Waals surface area contributed by atoms with E-state index < -0.39 is 0 Å². The van der Waals surface area contributed by atoms with Crippen LogP contribution in [-0.4, -0.2) is 23.6 Å². The molecule has 0 fully saturated rings. The molecule has 2 aromatic heterocycles. The predicted octanol–water partition coefficient (Wildman–Crippen LogP) is 8.93. The normalized spacial score (nSPS) is 10.8. The molecule has 0 aliphatic heterocycles. The smallest absolute Gasteiger partial charge is 0.272 e. The summed E-state index contributed by atoms with van der Waals surface area (Å²) in [5.74, 6) is 1.54. The number of nitrogen functional groups attached to an aromatic ring is 1. The minimum absolute atomic E-state index is 0.161. The number of hydrogen-bond donors (Lipinski definition) is 1. The molecule has 8 nitrogen and oxygen atoms in total. The molecule has 6 aromatic rings. The third kappa shape index (κ3) is 7.88. The van der Waals surface area contributed by atoms with Gasteiger partial charge in [-0.15, -0.1) is 0 Å². The summed E-state index contributed by atoms with van der Waals surface area (Å²) in [6.07, 6.45) is 1.44. The molecule has 0 aliphatic carbocycles. The van der Waals surface area contributed by atoms with Crippen LogP contribution in [0.3, 0.4) is 0 Å². The Kier molecular flexibility index (Phi) is 9.99. The quantitative estimate of drug-likeness (QED) is 0.104. The number of nitro groups is 1. The summed E-state index contributed by atoms with van der Waals surface area (Å²) in [5, 5.41) is 12.9. The number of nitro benzene ring substituents is 1. The minimum atomic E-state index is -0.341. The number of aromatic nitrogens is 4. The van der Waals surface area contributed by atoms with Crippen LogP contribution in [0.25, 0.3) is 22.8 Å². The van der Waals surface area contributed by atoms with E-state index in [1.165, 1.54) is 45.3 Å². The third-order valence-corrected chi connectivity index (χ3v) is 9.24. The highest BCUT2D eigenvalue weighted by molar-refractivity contribution is 7.05. The fourth-order valence-corrected chi connectivity index (χ4v) is 6.33. The Bertz CT molecular complexity index is 2000. The predicted molar refractivity (Wildman–Crippen MR) is 189 cm³/mol. The third-order valence-electron chi connectivity index (χ3n) is 7.81. The average Bonchev–Trinajstić information content (AvgIpc) is 3.69. The van der Waals surface area contributed by atoms with Gasteiger partial charge < -0.3 is 5.73 Å². The summed E-state index contributed by atoms with van der Waals surface area (Å²) in [6, 6.07) is 24.1. The van der Waals surface area contributed by atoms with Crippen LogP contribution in [0.4, 0.5) is 11.4 Å². The van der Waals surface area contributed by atoms with E-state index in [9.17, 15) is 10.1 Å². The molecule has 2 heterocycles. The van der Waals surface area contributed by atoms with Crippen molar-refractivity contribution < 1.29 is 4.92 Å². The molecule has 6 rings (SSSR count). The van der Waals surface area contributed by atoms with Crippen LogP contribution in [0.1, 0.15) is 54.5 Å². The highest BCUT2D eigenvalue weighted by Gasteiger charge is 2.15. The number of aryl methyl sites for hydroxylation is 6. The van der Waals surface area contributed by atoms with Gasteiger partial charge in [-0.1, -0.05) is 65.7 Å². The number of anilines is 1. The Morgan fingerprint density at radius 2 is 1.07 bits per heavy atom. The van der Waals surface area contributed by atoms with Gasteiger partial charge in [0, 0.05) is 41.3 Å².